The monoisotopic (exact) mass is 215 g/mol. The predicted molar refractivity (Wildman–Crippen MR) is 63.2 cm³/mol. The van der Waals surface area contributed by atoms with Gasteiger partial charge in [-0.05, 0) is 36.2 Å². The second-order valence-corrected chi connectivity index (χ2v) is 3.19. The van der Waals surface area contributed by atoms with Gasteiger partial charge in [0.1, 0.15) is 5.75 Å². The maximum absolute atomic E-state index is 8.07. The molecule has 0 atom stereocenters. The molecule has 0 aliphatic rings. The van der Waals surface area contributed by atoms with Crippen molar-refractivity contribution in [2.45, 2.75) is 13.3 Å². The Morgan fingerprint density at radius 2 is 2.31 bits per heavy atom. The van der Waals surface area contributed by atoms with Crippen LogP contribution in [0.25, 0.3) is 10.4 Å². The molecule has 0 aliphatic heterocycles. The Hall–Kier alpha value is -2.11. The fraction of sp³-hybridized carbons (Fsp3) is 0.333. The second-order valence-electron chi connectivity index (χ2n) is 3.19. The minimum absolute atomic E-state index is 0.415. The Labute approximate surface area is 94.9 Å². The third-order valence-electron chi connectivity index (χ3n) is 2.03. The molecule has 4 heteroatoms. The molecule has 0 aromatic heterocycles. The van der Waals surface area contributed by atoms with Crippen molar-refractivity contribution in [3.8, 4) is 17.6 Å². The first-order valence-electron chi connectivity index (χ1n) is 4.92. The van der Waals surface area contributed by atoms with Crippen LogP contribution < -0.4 is 4.74 Å². The van der Waals surface area contributed by atoms with Crippen LogP contribution in [0.4, 0.5) is 0 Å². The average Bonchev–Trinajstić information content (AvgIpc) is 2.29. The SMILES string of the molecule is COc1ccc(C#CCCN=[N+]=[N-])cc1C. The molecule has 0 saturated carbocycles. The van der Waals surface area contributed by atoms with Crippen molar-refractivity contribution < 1.29 is 4.74 Å². The number of ether oxygens (including phenoxy) is 1. The van der Waals surface area contributed by atoms with Crippen LogP contribution in [0.3, 0.4) is 0 Å². The fourth-order valence-corrected chi connectivity index (χ4v) is 1.27. The van der Waals surface area contributed by atoms with E-state index < -0.39 is 0 Å². The van der Waals surface area contributed by atoms with Gasteiger partial charge in [0.05, 0.1) is 7.11 Å². The smallest absolute Gasteiger partial charge is 0.121 e. The largest absolute Gasteiger partial charge is 0.496 e. The van der Waals surface area contributed by atoms with Gasteiger partial charge in [-0.3, -0.25) is 0 Å². The van der Waals surface area contributed by atoms with Gasteiger partial charge in [-0.1, -0.05) is 17.0 Å². The summed E-state index contributed by atoms with van der Waals surface area (Å²) >= 11 is 0. The molecular weight excluding hydrogens is 202 g/mol. The molecule has 0 unspecified atom stereocenters. The van der Waals surface area contributed by atoms with Crippen LogP contribution in [-0.4, -0.2) is 13.7 Å². The highest BCUT2D eigenvalue weighted by Crippen LogP contribution is 2.17. The lowest BCUT2D eigenvalue weighted by Gasteiger charge is -2.03. The maximum atomic E-state index is 8.07. The third-order valence-corrected chi connectivity index (χ3v) is 2.03. The van der Waals surface area contributed by atoms with Crippen molar-refractivity contribution in [2.75, 3.05) is 13.7 Å². The van der Waals surface area contributed by atoms with Gasteiger partial charge in [-0.2, -0.15) is 0 Å². The van der Waals surface area contributed by atoms with Gasteiger partial charge >= 0.3 is 0 Å². The highest BCUT2D eigenvalue weighted by molar-refractivity contribution is 5.43. The number of hydrogen-bond donors (Lipinski definition) is 0. The minimum Gasteiger partial charge on any atom is -0.496 e. The van der Waals surface area contributed by atoms with E-state index in [1.807, 2.05) is 25.1 Å². The molecular formula is C12H13N3O. The molecule has 1 aromatic rings. The van der Waals surface area contributed by atoms with Crippen molar-refractivity contribution in [3.63, 3.8) is 0 Å². The van der Waals surface area contributed by atoms with E-state index in [0.717, 1.165) is 16.9 Å². The molecule has 1 rings (SSSR count). The van der Waals surface area contributed by atoms with Crippen LogP contribution in [-0.2, 0) is 0 Å². The molecule has 16 heavy (non-hydrogen) atoms. The summed E-state index contributed by atoms with van der Waals surface area (Å²) in [7, 11) is 1.65. The molecule has 0 radical (unpaired) electrons. The molecule has 0 fully saturated rings. The van der Waals surface area contributed by atoms with Crippen molar-refractivity contribution in [1.29, 1.82) is 0 Å². The minimum atomic E-state index is 0.415. The lowest BCUT2D eigenvalue weighted by molar-refractivity contribution is 0.411. The number of nitrogens with zero attached hydrogens (tertiary/aromatic N) is 3. The topological polar surface area (TPSA) is 58.0 Å². The van der Waals surface area contributed by atoms with E-state index in [1.54, 1.807) is 7.11 Å². The van der Waals surface area contributed by atoms with Gasteiger partial charge in [0, 0.05) is 23.4 Å². The predicted octanol–water partition coefficient (Wildman–Crippen LogP) is 3.06. The molecule has 82 valence electrons. The first kappa shape index (κ1) is 12.0. The Bertz CT molecular complexity index is 465. The zero-order valence-electron chi connectivity index (χ0n) is 9.40. The Kier molecular flexibility index (Phi) is 4.78. The summed E-state index contributed by atoms with van der Waals surface area (Å²) < 4.78 is 5.15. The molecule has 0 heterocycles. The van der Waals surface area contributed by atoms with E-state index in [4.69, 9.17) is 10.3 Å². The maximum Gasteiger partial charge on any atom is 0.121 e. The zero-order chi connectivity index (χ0) is 11.8. The average molecular weight is 215 g/mol. The van der Waals surface area contributed by atoms with Gasteiger partial charge < -0.3 is 4.74 Å². The number of hydrogen-bond acceptors (Lipinski definition) is 2. The standard InChI is InChI=1S/C12H13N3O/c1-10-9-11(6-7-12(10)16-2)5-3-4-8-14-15-13/h6-7,9H,4,8H2,1-2H3. The van der Waals surface area contributed by atoms with Gasteiger partial charge in [0.2, 0.25) is 0 Å². The highest BCUT2D eigenvalue weighted by atomic mass is 16.5. The van der Waals surface area contributed by atoms with Crippen molar-refractivity contribution in [3.05, 3.63) is 39.8 Å². The molecule has 0 saturated heterocycles. The lowest BCUT2D eigenvalue weighted by atomic mass is 10.1. The van der Waals surface area contributed by atoms with Gasteiger partial charge in [0.15, 0.2) is 0 Å². The van der Waals surface area contributed by atoms with E-state index >= 15 is 0 Å². The summed E-state index contributed by atoms with van der Waals surface area (Å²) in [5.74, 6) is 6.81. The summed E-state index contributed by atoms with van der Waals surface area (Å²) in [6, 6.07) is 5.78. The molecule has 0 amide bonds. The van der Waals surface area contributed by atoms with Crippen LogP contribution in [0.2, 0.25) is 0 Å². The van der Waals surface area contributed by atoms with Crippen LogP contribution in [0.5, 0.6) is 5.75 Å². The lowest BCUT2D eigenvalue weighted by Crippen LogP contribution is -1.87. The fourth-order valence-electron chi connectivity index (χ4n) is 1.27. The van der Waals surface area contributed by atoms with E-state index in [-0.39, 0.29) is 0 Å². The number of aryl methyl sites for hydroxylation is 1. The number of methoxy groups -OCH3 is 1. The van der Waals surface area contributed by atoms with Gasteiger partial charge in [0.25, 0.3) is 0 Å². The van der Waals surface area contributed by atoms with Crippen LogP contribution in [0.15, 0.2) is 23.3 Å². The first-order chi connectivity index (χ1) is 7.77. The van der Waals surface area contributed by atoms with Crippen LogP contribution in [0.1, 0.15) is 17.5 Å². The summed E-state index contributed by atoms with van der Waals surface area (Å²) in [5, 5.41) is 3.41. The molecule has 0 N–H and O–H groups in total. The number of rotatable bonds is 3. The summed E-state index contributed by atoms with van der Waals surface area (Å²) in [6.07, 6.45) is 0.579. The second kappa shape index (κ2) is 6.39. The quantitative estimate of drug-likeness (QED) is 0.251. The van der Waals surface area contributed by atoms with Crippen LogP contribution >= 0.6 is 0 Å². The first-order valence-corrected chi connectivity index (χ1v) is 4.92. The van der Waals surface area contributed by atoms with Crippen molar-refractivity contribution in [1.82, 2.24) is 0 Å². The molecule has 0 spiro atoms. The molecule has 0 bridgehead atoms. The Morgan fingerprint density at radius 1 is 1.50 bits per heavy atom. The van der Waals surface area contributed by atoms with E-state index in [9.17, 15) is 0 Å². The van der Waals surface area contributed by atoms with Crippen molar-refractivity contribution in [2.24, 2.45) is 5.11 Å². The van der Waals surface area contributed by atoms with E-state index in [2.05, 4.69) is 21.9 Å². The molecule has 1 aromatic carbocycles. The number of azide groups is 1. The zero-order valence-corrected chi connectivity index (χ0v) is 9.40. The van der Waals surface area contributed by atoms with Crippen LogP contribution in [0, 0.1) is 18.8 Å². The highest BCUT2D eigenvalue weighted by Gasteiger charge is 1.96. The van der Waals surface area contributed by atoms with Crippen molar-refractivity contribution >= 4 is 0 Å². The van der Waals surface area contributed by atoms with Gasteiger partial charge in [-0.15, -0.1) is 0 Å². The Morgan fingerprint density at radius 3 is 2.94 bits per heavy atom. The molecule has 4 nitrogen and oxygen atoms in total. The third kappa shape index (κ3) is 3.56. The normalized spacial score (nSPS) is 8.62. The van der Waals surface area contributed by atoms with Gasteiger partial charge in [-0.25, -0.2) is 0 Å². The molecule has 0 aliphatic carbocycles. The summed E-state index contributed by atoms with van der Waals surface area (Å²) in [5.41, 5.74) is 10.1. The number of benzene rings is 1. The van der Waals surface area contributed by atoms with E-state index in [0.29, 0.717) is 13.0 Å². The Balaban J connectivity index is 2.67. The summed E-state index contributed by atoms with van der Waals surface area (Å²) in [4.78, 5) is 2.66. The van der Waals surface area contributed by atoms with E-state index in [1.165, 1.54) is 0 Å². The summed E-state index contributed by atoms with van der Waals surface area (Å²) in [6.45, 7) is 2.39.